The van der Waals surface area contributed by atoms with Crippen molar-refractivity contribution in [3.63, 3.8) is 0 Å². The van der Waals surface area contributed by atoms with E-state index >= 15 is 0 Å². The van der Waals surface area contributed by atoms with Crippen molar-refractivity contribution >= 4 is 17.4 Å². The molecule has 0 atom stereocenters. The van der Waals surface area contributed by atoms with E-state index < -0.39 is 0 Å². The zero-order valence-corrected chi connectivity index (χ0v) is 13.4. The number of hydrogen-bond donors (Lipinski definition) is 2. The van der Waals surface area contributed by atoms with Gasteiger partial charge in [0.05, 0.1) is 12.6 Å². The molecular formula is C19H18N2OS. The zero-order chi connectivity index (χ0) is 15.9. The van der Waals surface area contributed by atoms with E-state index in [1.807, 2.05) is 78.2 Å². The van der Waals surface area contributed by atoms with E-state index in [9.17, 15) is 4.79 Å². The van der Waals surface area contributed by atoms with Gasteiger partial charge in [0.15, 0.2) is 0 Å². The van der Waals surface area contributed by atoms with Gasteiger partial charge in [0, 0.05) is 4.88 Å². The van der Waals surface area contributed by atoms with Crippen LogP contribution in [-0.4, -0.2) is 6.03 Å². The first-order valence-electron chi connectivity index (χ1n) is 7.49. The standard InChI is InChI=1S/C19H18N2OS/c22-19(20-14-17-12-7-13-23-17)21-18(15-8-3-1-4-9-15)16-10-5-2-6-11-16/h1-13,18H,14H2,(H2,20,21,22). The van der Waals surface area contributed by atoms with Crippen molar-refractivity contribution in [2.24, 2.45) is 0 Å². The number of urea groups is 1. The molecular weight excluding hydrogens is 304 g/mol. The molecule has 0 aliphatic rings. The van der Waals surface area contributed by atoms with Crippen LogP contribution in [-0.2, 0) is 6.54 Å². The Morgan fingerprint density at radius 2 is 1.48 bits per heavy atom. The summed E-state index contributed by atoms with van der Waals surface area (Å²) in [4.78, 5) is 13.4. The van der Waals surface area contributed by atoms with E-state index in [2.05, 4.69) is 10.6 Å². The Labute approximate surface area is 140 Å². The Balaban J connectivity index is 1.72. The summed E-state index contributed by atoms with van der Waals surface area (Å²) in [5, 5.41) is 7.99. The molecule has 0 saturated carbocycles. The highest BCUT2D eigenvalue weighted by Crippen LogP contribution is 2.21. The van der Waals surface area contributed by atoms with Crippen molar-refractivity contribution in [1.29, 1.82) is 0 Å². The maximum atomic E-state index is 12.3. The summed E-state index contributed by atoms with van der Waals surface area (Å²) >= 11 is 1.63. The van der Waals surface area contributed by atoms with Gasteiger partial charge >= 0.3 is 6.03 Å². The minimum atomic E-state index is -0.170. The molecule has 0 fully saturated rings. The Kier molecular flexibility index (Phi) is 5.06. The van der Waals surface area contributed by atoms with Gasteiger partial charge in [0.25, 0.3) is 0 Å². The number of nitrogens with one attached hydrogen (secondary N) is 2. The molecule has 0 saturated heterocycles. The second-order valence-electron chi connectivity index (χ2n) is 5.16. The fraction of sp³-hybridized carbons (Fsp3) is 0.105. The maximum absolute atomic E-state index is 12.3. The molecule has 0 aliphatic carbocycles. The summed E-state index contributed by atoms with van der Waals surface area (Å²) in [6.45, 7) is 0.541. The predicted molar refractivity (Wildman–Crippen MR) is 94.4 cm³/mol. The lowest BCUT2D eigenvalue weighted by atomic mass is 9.99. The van der Waals surface area contributed by atoms with Crippen LogP contribution in [0.5, 0.6) is 0 Å². The fourth-order valence-electron chi connectivity index (χ4n) is 2.41. The van der Waals surface area contributed by atoms with E-state index in [1.165, 1.54) is 0 Å². The van der Waals surface area contributed by atoms with E-state index in [0.29, 0.717) is 6.54 Å². The van der Waals surface area contributed by atoms with Crippen LogP contribution >= 0.6 is 11.3 Å². The van der Waals surface area contributed by atoms with Gasteiger partial charge in [-0.3, -0.25) is 0 Å². The zero-order valence-electron chi connectivity index (χ0n) is 12.6. The summed E-state index contributed by atoms with van der Waals surface area (Å²) < 4.78 is 0. The van der Waals surface area contributed by atoms with Gasteiger partial charge in [-0.1, -0.05) is 66.7 Å². The molecule has 0 aliphatic heterocycles. The summed E-state index contributed by atoms with van der Waals surface area (Å²) in [7, 11) is 0. The summed E-state index contributed by atoms with van der Waals surface area (Å²) in [6.07, 6.45) is 0. The molecule has 2 amide bonds. The summed E-state index contributed by atoms with van der Waals surface area (Å²) in [6, 6.07) is 23.6. The normalized spacial score (nSPS) is 10.5. The molecule has 1 aromatic heterocycles. The fourth-order valence-corrected chi connectivity index (χ4v) is 3.06. The number of benzene rings is 2. The smallest absolute Gasteiger partial charge is 0.315 e. The molecule has 3 aromatic rings. The van der Waals surface area contributed by atoms with Crippen molar-refractivity contribution in [3.8, 4) is 0 Å². The Morgan fingerprint density at radius 1 is 0.870 bits per heavy atom. The van der Waals surface area contributed by atoms with E-state index in [4.69, 9.17) is 0 Å². The lowest BCUT2D eigenvalue weighted by Gasteiger charge is -2.20. The quantitative estimate of drug-likeness (QED) is 0.721. The highest BCUT2D eigenvalue weighted by atomic mass is 32.1. The molecule has 2 N–H and O–H groups in total. The maximum Gasteiger partial charge on any atom is 0.315 e. The number of hydrogen-bond acceptors (Lipinski definition) is 2. The summed E-state index contributed by atoms with van der Waals surface area (Å²) in [5.74, 6) is 0. The Hall–Kier alpha value is -2.59. The van der Waals surface area contributed by atoms with Crippen molar-refractivity contribution in [1.82, 2.24) is 10.6 Å². The molecule has 1 heterocycles. The first-order valence-corrected chi connectivity index (χ1v) is 8.37. The molecule has 0 spiro atoms. The lowest BCUT2D eigenvalue weighted by Crippen LogP contribution is -2.37. The van der Waals surface area contributed by atoms with Crippen LogP contribution in [0.4, 0.5) is 4.79 Å². The highest BCUT2D eigenvalue weighted by Gasteiger charge is 2.16. The average Bonchev–Trinajstić information content (AvgIpc) is 3.13. The van der Waals surface area contributed by atoms with Crippen molar-refractivity contribution in [2.75, 3.05) is 0 Å². The lowest BCUT2D eigenvalue weighted by molar-refractivity contribution is 0.238. The largest absolute Gasteiger partial charge is 0.333 e. The van der Waals surface area contributed by atoms with E-state index in [1.54, 1.807) is 11.3 Å². The van der Waals surface area contributed by atoms with Crippen LogP contribution < -0.4 is 10.6 Å². The van der Waals surface area contributed by atoms with Crippen LogP contribution in [0.2, 0.25) is 0 Å². The van der Waals surface area contributed by atoms with Gasteiger partial charge in [-0.15, -0.1) is 11.3 Å². The van der Waals surface area contributed by atoms with Crippen LogP contribution in [0.3, 0.4) is 0 Å². The number of carbonyl (C=O) groups is 1. The average molecular weight is 322 g/mol. The van der Waals surface area contributed by atoms with Gasteiger partial charge < -0.3 is 10.6 Å². The monoisotopic (exact) mass is 322 g/mol. The van der Waals surface area contributed by atoms with Crippen LogP contribution in [0.25, 0.3) is 0 Å². The minimum Gasteiger partial charge on any atom is -0.333 e. The van der Waals surface area contributed by atoms with Crippen LogP contribution in [0.15, 0.2) is 78.2 Å². The molecule has 3 nitrogen and oxygen atoms in total. The van der Waals surface area contributed by atoms with Crippen molar-refractivity contribution < 1.29 is 4.79 Å². The van der Waals surface area contributed by atoms with Crippen molar-refractivity contribution in [3.05, 3.63) is 94.2 Å². The molecule has 4 heteroatoms. The number of rotatable bonds is 5. The van der Waals surface area contributed by atoms with Gasteiger partial charge in [-0.2, -0.15) is 0 Å². The first kappa shape index (κ1) is 15.3. The van der Waals surface area contributed by atoms with Crippen LogP contribution in [0.1, 0.15) is 22.0 Å². The molecule has 0 bridgehead atoms. The number of carbonyl (C=O) groups excluding carboxylic acids is 1. The van der Waals surface area contributed by atoms with Gasteiger partial charge in [0.1, 0.15) is 0 Å². The molecule has 0 unspecified atom stereocenters. The third-order valence-corrected chi connectivity index (χ3v) is 4.42. The highest BCUT2D eigenvalue weighted by molar-refractivity contribution is 7.09. The number of thiophene rings is 1. The van der Waals surface area contributed by atoms with Crippen LogP contribution in [0, 0.1) is 0 Å². The third-order valence-electron chi connectivity index (χ3n) is 3.54. The SMILES string of the molecule is O=C(NCc1cccs1)NC(c1ccccc1)c1ccccc1. The molecule has 2 aromatic carbocycles. The van der Waals surface area contributed by atoms with Gasteiger partial charge in [-0.05, 0) is 22.6 Å². The number of amides is 2. The molecule has 116 valence electrons. The van der Waals surface area contributed by atoms with E-state index in [-0.39, 0.29) is 12.1 Å². The van der Waals surface area contributed by atoms with Gasteiger partial charge in [-0.25, -0.2) is 4.79 Å². The van der Waals surface area contributed by atoms with E-state index in [0.717, 1.165) is 16.0 Å². The Bertz CT molecular complexity index is 687. The minimum absolute atomic E-state index is 0.166. The molecule has 0 radical (unpaired) electrons. The third kappa shape index (κ3) is 4.20. The molecule has 3 rings (SSSR count). The predicted octanol–water partition coefficient (Wildman–Crippen LogP) is 4.34. The Morgan fingerprint density at radius 3 is 2.00 bits per heavy atom. The summed E-state index contributed by atoms with van der Waals surface area (Å²) in [5.41, 5.74) is 2.12. The second-order valence-corrected chi connectivity index (χ2v) is 6.19. The first-order chi connectivity index (χ1) is 11.3. The topological polar surface area (TPSA) is 41.1 Å². The van der Waals surface area contributed by atoms with Crippen molar-refractivity contribution in [2.45, 2.75) is 12.6 Å². The molecule has 23 heavy (non-hydrogen) atoms. The second kappa shape index (κ2) is 7.61. The van der Waals surface area contributed by atoms with Gasteiger partial charge in [0.2, 0.25) is 0 Å².